The highest BCUT2D eigenvalue weighted by Gasteiger charge is 2.20. The van der Waals surface area contributed by atoms with Crippen LogP contribution in [0, 0.1) is 6.92 Å². The number of fused-ring (bicyclic) bond motifs is 1. The first kappa shape index (κ1) is 19.3. The summed E-state index contributed by atoms with van der Waals surface area (Å²) in [6, 6.07) is 17.1. The molecule has 29 heavy (non-hydrogen) atoms. The van der Waals surface area contributed by atoms with E-state index in [0.717, 1.165) is 5.69 Å². The number of carbonyl (C=O) groups is 1. The van der Waals surface area contributed by atoms with E-state index in [9.17, 15) is 9.59 Å². The predicted molar refractivity (Wildman–Crippen MR) is 114 cm³/mol. The zero-order valence-electron chi connectivity index (χ0n) is 15.4. The van der Waals surface area contributed by atoms with E-state index in [-0.39, 0.29) is 23.6 Å². The molecular formula is C22H15Cl2N3O2. The van der Waals surface area contributed by atoms with Gasteiger partial charge in [-0.15, -0.1) is 0 Å². The Morgan fingerprint density at radius 1 is 0.931 bits per heavy atom. The van der Waals surface area contributed by atoms with Crippen LogP contribution in [0.25, 0.3) is 16.6 Å². The fourth-order valence-electron chi connectivity index (χ4n) is 3.16. The minimum absolute atomic E-state index is 0.127. The Morgan fingerprint density at radius 2 is 1.62 bits per heavy atom. The smallest absolute Gasteiger partial charge is 0.266 e. The van der Waals surface area contributed by atoms with Crippen molar-refractivity contribution in [2.45, 2.75) is 13.3 Å². The molecule has 0 spiro atoms. The molecule has 0 aliphatic heterocycles. The Morgan fingerprint density at radius 3 is 2.34 bits per heavy atom. The zero-order valence-corrected chi connectivity index (χ0v) is 16.9. The van der Waals surface area contributed by atoms with Gasteiger partial charge in [-0.3, -0.25) is 19.1 Å². The van der Waals surface area contributed by atoms with Gasteiger partial charge in [0.15, 0.2) is 5.78 Å². The van der Waals surface area contributed by atoms with E-state index in [1.54, 1.807) is 54.6 Å². The summed E-state index contributed by atoms with van der Waals surface area (Å²) >= 11 is 12.7. The van der Waals surface area contributed by atoms with Gasteiger partial charge in [0.05, 0.1) is 33.1 Å². The van der Waals surface area contributed by atoms with Crippen LogP contribution in [-0.2, 0) is 6.42 Å². The largest absolute Gasteiger partial charge is 0.292 e. The summed E-state index contributed by atoms with van der Waals surface area (Å²) < 4.78 is 1.32. The number of Topliss-reactive ketones (excluding diaryl/α,β-unsaturated/α-hetero) is 1. The van der Waals surface area contributed by atoms with E-state index in [0.29, 0.717) is 32.3 Å². The lowest BCUT2D eigenvalue weighted by molar-refractivity contribution is 0.0985. The fourth-order valence-corrected chi connectivity index (χ4v) is 3.73. The lowest BCUT2D eigenvalue weighted by Crippen LogP contribution is -2.26. The van der Waals surface area contributed by atoms with Crippen LogP contribution in [0.15, 0.2) is 65.5 Å². The Labute approximate surface area is 176 Å². The molecule has 0 unspecified atom stereocenters. The van der Waals surface area contributed by atoms with Gasteiger partial charge in [-0.05, 0) is 43.3 Å². The number of nitrogens with zero attached hydrogens (tertiary/aromatic N) is 3. The summed E-state index contributed by atoms with van der Waals surface area (Å²) in [7, 11) is 0. The Balaban J connectivity index is 1.95. The molecule has 2 heterocycles. The highest BCUT2D eigenvalue weighted by atomic mass is 35.5. The quantitative estimate of drug-likeness (QED) is 0.441. The number of para-hydroxylation sites is 2. The van der Waals surface area contributed by atoms with Gasteiger partial charge in [0.2, 0.25) is 0 Å². The van der Waals surface area contributed by atoms with Crippen molar-refractivity contribution >= 4 is 39.9 Å². The van der Waals surface area contributed by atoms with Crippen molar-refractivity contribution in [1.29, 1.82) is 0 Å². The van der Waals surface area contributed by atoms with Crippen molar-refractivity contribution in [3.05, 3.63) is 98.3 Å². The van der Waals surface area contributed by atoms with Crippen LogP contribution in [0.5, 0.6) is 0 Å². The number of aromatic nitrogens is 3. The Kier molecular flexibility index (Phi) is 5.18. The molecule has 2 aromatic heterocycles. The van der Waals surface area contributed by atoms with Crippen molar-refractivity contribution in [1.82, 2.24) is 14.5 Å². The molecule has 5 nitrogen and oxygen atoms in total. The monoisotopic (exact) mass is 423 g/mol. The van der Waals surface area contributed by atoms with Gasteiger partial charge in [-0.1, -0.05) is 47.5 Å². The van der Waals surface area contributed by atoms with Gasteiger partial charge in [0, 0.05) is 5.69 Å². The third kappa shape index (κ3) is 3.67. The van der Waals surface area contributed by atoms with Crippen molar-refractivity contribution in [2.75, 3.05) is 0 Å². The van der Waals surface area contributed by atoms with Crippen LogP contribution < -0.4 is 5.56 Å². The zero-order chi connectivity index (χ0) is 20.5. The van der Waals surface area contributed by atoms with Gasteiger partial charge in [0.25, 0.3) is 5.56 Å². The SMILES string of the molecule is Cc1cccc(C(=O)Cc2nc3ccccc3c(=O)n2-c2c(Cl)cccc2Cl)n1. The molecule has 0 fully saturated rings. The summed E-state index contributed by atoms with van der Waals surface area (Å²) in [6.07, 6.45) is -0.127. The standard InChI is InChI=1S/C22H15Cl2N3O2/c1-13-6-4-11-18(25-13)19(28)12-20-26-17-10-3-2-7-14(17)22(29)27(20)21-15(23)8-5-9-16(21)24/h2-11H,12H2,1H3. The molecule has 2 aromatic carbocycles. The molecule has 0 aliphatic carbocycles. The number of hydrogen-bond donors (Lipinski definition) is 0. The van der Waals surface area contributed by atoms with Gasteiger partial charge in [-0.2, -0.15) is 0 Å². The van der Waals surface area contributed by atoms with Crippen LogP contribution in [-0.4, -0.2) is 20.3 Å². The predicted octanol–water partition coefficient (Wildman–Crippen LogP) is 4.82. The van der Waals surface area contributed by atoms with Gasteiger partial charge >= 0.3 is 0 Å². The molecule has 0 saturated carbocycles. The molecule has 0 saturated heterocycles. The number of carbonyl (C=O) groups excluding carboxylic acids is 1. The Hall–Kier alpha value is -3.02. The lowest BCUT2D eigenvalue weighted by Gasteiger charge is -2.15. The summed E-state index contributed by atoms with van der Waals surface area (Å²) in [5.41, 5.74) is 1.50. The third-order valence-corrected chi connectivity index (χ3v) is 5.11. The summed E-state index contributed by atoms with van der Waals surface area (Å²) in [6.45, 7) is 1.81. The molecule has 144 valence electrons. The van der Waals surface area contributed by atoms with Crippen LogP contribution in [0.3, 0.4) is 0 Å². The first-order valence-corrected chi connectivity index (χ1v) is 9.63. The van der Waals surface area contributed by atoms with Crippen molar-refractivity contribution in [3.63, 3.8) is 0 Å². The molecule has 0 atom stereocenters. The average molecular weight is 424 g/mol. The molecule has 0 aliphatic rings. The third-order valence-electron chi connectivity index (χ3n) is 4.50. The van der Waals surface area contributed by atoms with Crippen LogP contribution in [0.2, 0.25) is 10.0 Å². The molecule has 0 bridgehead atoms. The Bertz CT molecular complexity index is 1290. The topological polar surface area (TPSA) is 64.8 Å². The molecule has 4 aromatic rings. The van der Waals surface area contributed by atoms with Gasteiger partial charge < -0.3 is 0 Å². The number of rotatable bonds is 4. The van der Waals surface area contributed by atoms with Crippen LogP contribution >= 0.6 is 23.2 Å². The second-order valence-electron chi connectivity index (χ2n) is 6.52. The maximum atomic E-state index is 13.3. The number of halogens is 2. The van der Waals surface area contributed by atoms with Crippen molar-refractivity contribution in [3.8, 4) is 5.69 Å². The normalized spacial score (nSPS) is 11.0. The maximum absolute atomic E-state index is 13.3. The number of hydrogen-bond acceptors (Lipinski definition) is 4. The second kappa shape index (κ2) is 7.78. The van der Waals surface area contributed by atoms with Gasteiger partial charge in [0.1, 0.15) is 11.5 Å². The van der Waals surface area contributed by atoms with Crippen molar-refractivity contribution in [2.24, 2.45) is 0 Å². The summed E-state index contributed by atoms with van der Waals surface area (Å²) in [4.78, 5) is 35.0. The average Bonchev–Trinajstić information content (AvgIpc) is 2.70. The first-order valence-electron chi connectivity index (χ1n) is 8.87. The lowest BCUT2D eigenvalue weighted by atomic mass is 10.1. The molecule has 4 rings (SSSR count). The summed E-state index contributed by atoms with van der Waals surface area (Å²) in [5.74, 6) is -0.00943. The molecule has 0 amide bonds. The van der Waals surface area contributed by atoms with E-state index in [1.807, 2.05) is 13.0 Å². The first-order chi connectivity index (χ1) is 14.0. The number of ketones is 1. The van der Waals surface area contributed by atoms with Crippen LogP contribution in [0.4, 0.5) is 0 Å². The minimum atomic E-state index is -0.342. The van der Waals surface area contributed by atoms with Gasteiger partial charge in [-0.25, -0.2) is 4.98 Å². The fraction of sp³-hybridized carbons (Fsp3) is 0.0909. The maximum Gasteiger partial charge on any atom is 0.266 e. The number of pyridine rings is 1. The highest BCUT2D eigenvalue weighted by molar-refractivity contribution is 6.37. The highest BCUT2D eigenvalue weighted by Crippen LogP contribution is 2.29. The van der Waals surface area contributed by atoms with Crippen LogP contribution in [0.1, 0.15) is 22.0 Å². The van der Waals surface area contributed by atoms with E-state index >= 15 is 0 Å². The summed E-state index contributed by atoms with van der Waals surface area (Å²) in [5, 5.41) is 0.992. The molecule has 0 radical (unpaired) electrons. The molecular weight excluding hydrogens is 409 g/mol. The molecule has 7 heteroatoms. The van der Waals surface area contributed by atoms with E-state index in [1.165, 1.54) is 4.57 Å². The van der Waals surface area contributed by atoms with E-state index in [2.05, 4.69) is 9.97 Å². The number of benzene rings is 2. The minimum Gasteiger partial charge on any atom is -0.292 e. The second-order valence-corrected chi connectivity index (χ2v) is 7.33. The number of aryl methyl sites for hydroxylation is 1. The van der Waals surface area contributed by atoms with E-state index < -0.39 is 0 Å². The molecule has 0 N–H and O–H groups in total. The van der Waals surface area contributed by atoms with Crippen molar-refractivity contribution < 1.29 is 4.79 Å². The van der Waals surface area contributed by atoms with E-state index in [4.69, 9.17) is 23.2 Å².